The summed E-state index contributed by atoms with van der Waals surface area (Å²) < 4.78 is 0. The van der Waals surface area contributed by atoms with Crippen LogP contribution in [0.25, 0.3) is 0 Å². The van der Waals surface area contributed by atoms with E-state index in [1.165, 1.54) is 5.56 Å². The van der Waals surface area contributed by atoms with E-state index in [-0.39, 0.29) is 10.8 Å². The fourth-order valence-electron chi connectivity index (χ4n) is 2.49. The molecule has 0 amide bonds. The third kappa shape index (κ3) is 4.18. The first-order valence-electron chi connectivity index (χ1n) is 5.85. The minimum atomic E-state index is -0.224. The Morgan fingerprint density at radius 2 is 1.62 bits per heavy atom. The second kappa shape index (κ2) is 4.82. The molecule has 0 unspecified atom stereocenters. The standard InChI is InChI=1S/C15H22O/c1-14(2,11-15(3,4)12-16)10-13-8-6-5-7-9-13/h5-9,12H,10-11H2,1-4H3. The second-order valence-corrected chi connectivity index (χ2v) is 6.11. The van der Waals surface area contributed by atoms with Crippen molar-refractivity contribution in [3.05, 3.63) is 35.9 Å². The Kier molecular flexibility index (Phi) is 3.90. The summed E-state index contributed by atoms with van der Waals surface area (Å²) in [6, 6.07) is 10.5. The monoisotopic (exact) mass is 218 g/mol. The van der Waals surface area contributed by atoms with Gasteiger partial charge in [-0.05, 0) is 23.8 Å². The van der Waals surface area contributed by atoms with Crippen molar-refractivity contribution in [2.24, 2.45) is 10.8 Å². The van der Waals surface area contributed by atoms with Crippen LogP contribution in [-0.2, 0) is 11.2 Å². The normalized spacial score (nSPS) is 12.5. The molecule has 1 aromatic rings. The molecule has 0 aliphatic carbocycles. The van der Waals surface area contributed by atoms with Crippen LogP contribution in [0.15, 0.2) is 30.3 Å². The fourth-order valence-corrected chi connectivity index (χ4v) is 2.49. The molecule has 0 saturated carbocycles. The van der Waals surface area contributed by atoms with E-state index >= 15 is 0 Å². The molecule has 1 nitrogen and oxygen atoms in total. The zero-order chi connectivity index (χ0) is 12.2. The molecule has 0 heterocycles. The molecular weight excluding hydrogens is 196 g/mol. The van der Waals surface area contributed by atoms with Crippen LogP contribution >= 0.6 is 0 Å². The number of carbonyl (C=O) groups excluding carboxylic acids is 1. The molecule has 0 saturated heterocycles. The van der Waals surface area contributed by atoms with E-state index in [1.54, 1.807) is 0 Å². The Bertz CT molecular complexity index is 336. The van der Waals surface area contributed by atoms with Crippen LogP contribution in [0.3, 0.4) is 0 Å². The summed E-state index contributed by atoms with van der Waals surface area (Å²) in [7, 11) is 0. The molecule has 1 heteroatoms. The van der Waals surface area contributed by atoms with Crippen molar-refractivity contribution in [3.63, 3.8) is 0 Å². The van der Waals surface area contributed by atoms with Crippen molar-refractivity contribution in [2.75, 3.05) is 0 Å². The van der Waals surface area contributed by atoms with E-state index in [4.69, 9.17) is 0 Å². The lowest BCUT2D eigenvalue weighted by molar-refractivity contribution is -0.116. The topological polar surface area (TPSA) is 17.1 Å². The molecule has 0 N–H and O–H groups in total. The highest BCUT2D eigenvalue weighted by Crippen LogP contribution is 2.34. The molecule has 0 aliphatic heterocycles. The van der Waals surface area contributed by atoms with Gasteiger partial charge in [0.15, 0.2) is 0 Å². The predicted molar refractivity (Wildman–Crippen MR) is 68.4 cm³/mol. The van der Waals surface area contributed by atoms with Crippen molar-refractivity contribution in [1.29, 1.82) is 0 Å². The van der Waals surface area contributed by atoms with Crippen LogP contribution in [0.2, 0.25) is 0 Å². The summed E-state index contributed by atoms with van der Waals surface area (Å²) in [5.41, 5.74) is 1.28. The third-order valence-corrected chi connectivity index (χ3v) is 2.78. The largest absolute Gasteiger partial charge is 0.303 e. The van der Waals surface area contributed by atoms with Gasteiger partial charge in [-0.1, -0.05) is 58.0 Å². The van der Waals surface area contributed by atoms with Gasteiger partial charge in [-0.3, -0.25) is 0 Å². The van der Waals surface area contributed by atoms with Crippen molar-refractivity contribution >= 4 is 6.29 Å². The number of hydrogen-bond acceptors (Lipinski definition) is 1. The lowest BCUT2D eigenvalue weighted by Gasteiger charge is -2.31. The van der Waals surface area contributed by atoms with E-state index in [0.717, 1.165) is 19.1 Å². The quantitative estimate of drug-likeness (QED) is 0.686. The molecule has 0 spiro atoms. The smallest absolute Gasteiger partial charge is 0.125 e. The van der Waals surface area contributed by atoms with Gasteiger partial charge in [0, 0.05) is 5.41 Å². The van der Waals surface area contributed by atoms with E-state index in [2.05, 4.69) is 38.1 Å². The first kappa shape index (κ1) is 13.0. The maximum atomic E-state index is 11.0. The number of benzene rings is 1. The van der Waals surface area contributed by atoms with Crippen molar-refractivity contribution in [3.8, 4) is 0 Å². The zero-order valence-electron chi connectivity index (χ0n) is 10.8. The van der Waals surface area contributed by atoms with E-state index in [9.17, 15) is 4.79 Å². The van der Waals surface area contributed by atoms with Crippen LogP contribution in [0.5, 0.6) is 0 Å². The highest BCUT2D eigenvalue weighted by atomic mass is 16.1. The molecule has 16 heavy (non-hydrogen) atoms. The Hall–Kier alpha value is -1.11. The van der Waals surface area contributed by atoms with Gasteiger partial charge in [0.05, 0.1) is 0 Å². The van der Waals surface area contributed by atoms with Gasteiger partial charge in [0.2, 0.25) is 0 Å². The van der Waals surface area contributed by atoms with Crippen LogP contribution in [0, 0.1) is 10.8 Å². The number of carbonyl (C=O) groups is 1. The summed E-state index contributed by atoms with van der Waals surface area (Å²) >= 11 is 0. The van der Waals surface area contributed by atoms with Crippen LogP contribution in [-0.4, -0.2) is 6.29 Å². The minimum Gasteiger partial charge on any atom is -0.303 e. The lowest BCUT2D eigenvalue weighted by atomic mass is 9.73. The molecule has 0 bridgehead atoms. The van der Waals surface area contributed by atoms with Crippen LogP contribution in [0.1, 0.15) is 39.7 Å². The Labute approximate surface area is 98.9 Å². The molecule has 0 aliphatic rings. The maximum Gasteiger partial charge on any atom is 0.125 e. The Morgan fingerprint density at radius 3 is 2.12 bits per heavy atom. The van der Waals surface area contributed by atoms with Gasteiger partial charge in [-0.2, -0.15) is 0 Å². The van der Waals surface area contributed by atoms with E-state index in [0.29, 0.717) is 0 Å². The summed E-state index contributed by atoms with van der Waals surface area (Å²) in [6.45, 7) is 8.47. The van der Waals surface area contributed by atoms with Crippen molar-refractivity contribution in [2.45, 2.75) is 40.5 Å². The summed E-state index contributed by atoms with van der Waals surface area (Å²) in [6.07, 6.45) is 3.00. The fraction of sp³-hybridized carbons (Fsp3) is 0.533. The summed E-state index contributed by atoms with van der Waals surface area (Å²) in [5, 5.41) is 0. The molecular formula is C15H22O. The molecule has 1 aromatic carbocycles. The van der Waals surface area contributed by atoms with E-state index in [1.807, 2.05) is 19.9 Å². The molecule has 0 aromatic heterocycles. The highest BCUT2D eigenvalue weighted by molar-refractivity contribution is 5.57. The van der Waals surface area contributed by atoms with Crippen LogP contribution in [0.4, 0.5) is 0 Å². The first-order valence-corrected chi connectivity index (χ1v) is 5.85. The van der Waals surface area contributed by atoms with Gasteiger partial charge in [0.1, 0.15) is 6.29 Å². The number of rotatable bonds is 5. The molecule has 0 radical (unpaired) electrons. The van der Waals surface area contributed by atoms with Gasteiger partial charge >= 0.3 is 0 Å². The second-order valence-electron chi connectivity index (χ2n) is 6.11. The predicted octanol–water partition coefficient (Wildman–Crippen LogP) is 3.87. The minimum absolute atomic E-state index is 0.158. The summed E-state index contributed by atoms with van der Waals surface area (Å²) in [5.74, 6) is 0. The molecule has 0 fully saturated rings. The molecule has 1 rings (SSSR count). The van der Waals surface area contributed by atoms with Gasteiger partial charge in [-0.15, -0.1) is 0 Å². The van der Waals surface area contributed by atoms with Gasteiger partial charge in [0.25, 0.3) is 0 Å². The van der Waals surface area contributed by atoms with Gasteiger partial charge < -0.3 is 4.79 Å². The third-order valence-electron chi connectivity index (χ3n) is 2.78. The number of aldehydes is 1. The Balaban J connectivity index is 2.69. The lowest BCUT2D eigenvalue weighted by Crippen LogP contribution is -2.26. The SMILES string of the molecule is CC(C)(C=O)CC(C)(C)Cc1ccccc1. The maximum absolute atomic E-state index is 11.0. The Morgan fingerprint density at radius 1 is 1.06 bits per heavy atom. The van der Waals surface area contributed by atoms with Crippen LogP contribution < -0.4 is 0 Å². The summed E-state index contributed by atoms with van der Waals surface area (Å²) in [4.78, 5) is 11.0. The molecule has 88 valence electrons. The molecule has 0 atom stereocenters. The highest BCUT2D eigenvalue weighted by Gasteiger charge is 2.28. The van der Waals surface area contributed by atoms with Crippen molar-refractivity contribution < 1.29 is 4.79 Å². The van der Waals surface area contributed by atoms with E-state index < -0.39 is 0 Å². The average molecular weight is 218 g/mol. The number of hydrogen-bond donors (Lipinski definition) is 0. The zero-order valence-corrected chi connectivity index (χ0v) is 10.8. The van der Waals surface area contributed by atoms with Gasteiger partial charge in [-0.25, -0.2) is 0 Å². The van der Waals surface area contributed by atoms with Crippen molar-refractivity contribution in [1.82, 2.24) is 0 Å². The average Bonchev–Trinajstić information content (AvgIpc) is 2.17. The first-order chi connectivity index (χ1) is 7.35.